The zero-order valence-electron chi connectivity index (χ0n) is 12.4. The fourth-order valence-corrected chi connectivity index (χ4v) is 3.22. The summed E-state index contributed by atoms with van der Waals surface area (Å²) < 4.78 is 0. The molecule has 0 aliphatic carbocycles. The predicted molar refractivity (Wildman–Crippen MR) is 83.0 cm³/mol. The summed E-state index contributed by atoms with van der Waals surface area (Å²) in [6.07, 6.45) is 4.34. The van der Waals surface area contributed by atoms with Crippen molar-refractivity contribution in [2.45, 2.75) is 32.2 Å². The van der Waals surface area contributed by atoms with Crippen LogP contribution in [0.1, 0.15) is 25.3 Å². The van der Waals surface area contributed by atoms with Gasteiger partial charge >= 0.3 is 0 Å². The fraction of sp³-hybridized carbons (Fsp3) is 0.471. The summed E-state index contributed by atoms with van der Waals surface area (Å²) in [4.78, 5) is 17.8. The SMILES string of the molecule is CC1CCC(CO)CN1C(=O)Cc1c[nH]c2ccccc12. The minimum atomic E-state index is 0.158. The number of aromatic amines is 1. The molecule has 1 aliphatic rings. The highest BCUT2D eigenvalue weighted by molar-refractivity contribution is 5.89. The molecular weight excluding hydrogens is 264 g/mol. The van der Waals surface area contributed by atoms with Crippen molar-refractivity contribution in [2.24, 2.45) is 5.92 Å². The van der Waals surface area contributed by atoms with E-state index in [0.717, 1.165) is 29.3 Å². The van der Waals surface area contributed by atoms with E-state index in [1.54, 1.807) is 0 Å². The molecule has 1 saturated heterocycles. The Labute approximate surface area is 124 Å². The maximum Gasteiger partial charge on any atom is 0.227 e. The first-order valence-corrected chi connectivity index (χ1v) is 7.64. The number of para-hydroxylation sites is 1. The topological polar surface area (TPSA) is 56.3 Å². The zero-order valence-corrected chi connectivity index (χ0v) is 12.4. The number of benzene rings is 1. The van der Waals surface area contributed by atoms with Gasteiger partial charge in [-0.15, -0.1) is 0 Å². The minimum Gasteiger partial charge on any atom is -0.396 e. The number of fused-ring (bicyclic) bond motifs is 1. The van der Waals surface area contributed by atoms with Crippen LogP contribution in [0.5, 0.6) is 0 Å². The number of carbonyl (C=O) groups is 1. The summed E-state index contributed by atoms with van der Waals surface area (Å²) in [6.45, 7) is 2.95. The normalized spacial score (nSPS) is 22.7. The van der Waals surface area contributed by atoms with E-state index in [1.807, 2.05) is 35.4 Å². The number of hydrogen-bond donors (Lipinski definition) is 2. The summed E-state index contributed by atoms with van der Waals surface area (Å²) in [5.41, 5.74) is 2.12. The number of H-pyrrole nitrogens is 1. The van der Waals surface area contributed by atoms with E-state index in [1.165, 1.54) is 0 Å². The van der Waals surface area contributed by atoms with Gasteiger partial charge in [-0.1, -0.05) is 18.2 Å². The average molecular weight is 286 g/mol. The molecule has 0 bridgehead atoms. The molecule has 2 heterocycles. The molecule has 2 N–H and O–H groups in total. The highest BCUT2D eigenvalue weighted by Crippen LogP contribution is 2.24. The quantitative estimate of drug-likeness (QED) is 0.910. The Hall–Kier alpha value is -1.81. The molecule has 112 valence electrons. The monoisotopic (exact) mass is 286 g/mol. The van der Waals surface area contributed by atoms with Crippen LogP contribution in [0.3, 0.4) is 0 Å². The lowest BCUT2D eigenvalue weighted by Gasteiger charge is -2.37. The van der Waals surface area contributed by atoms with E-state index in [-0.39, 0.29) is 24.5 Å². The smallest absolute Gasteiger partial charge is 0.227 e. The third kappa shape index (κ3) is 2.81. The second-order valence-corrected chi connectivity index (χ2v) is 6.06. The lowest BCUT2D eigenvalue weighted by molar-refractivity contribution is -0.135. The van der Waals surface area contributed by atoms with E-state index >= 15 is 0 Å². The number of rotatable bonds is 3. The van der Waals surface area contributed by atoms with Gasteiger partial charge in [0, 0.05) is 36.3 Å². The molecular formula is C17H22N2O2. The Morgan fingerprint density at radius 2 is 2.19 bits per heavy atom. The third-order valence-electron chi connectivity index (χ3n) is 4.57. The van der Waals surface area contributed by atoms with Gasteiger partial charge in [0.15, 0.2) is 0 Å². The van der Waals surface area contributed by atoms with Gasteiger partial charge in [-0.3, -0.25) is 4.79 Å². The Kier molecular flexibility index (Phi) is 3.97. The number of aliphatic hydroxyl groups excluding tert-OH is 1. The maximum absolute atomic E-state index is 12.6. The molecule has 4 nitrogen and oxygen atoms in total. The van der Waals surface area contributed by atoms with Crippen LogP contribution < -0.4 is 0 Å². The third-order valence-corrected chi connectivity index (χ3v) is 4.57. The Morgan fingerprint density at radius 3 is 3.00 bits per heavy atom. The molecule has 0 spiro atoms. The van der Waals surface area contributed by atoms with Crippen LogP contribution in [0, 0.1) is 5.92 Å². The van der Waals surface area contributed by atoms with Crippen molar-refractivity contribution < 1.29 is 9.90 Å². The Bertz CT molecular complexity index is 635. The van der Waals surface area contributed by atoms with E-state index in [9.17, 15) is 9.90 Å². The Balaban J connectivity index is 1.76. The van der Waals surface area contributed by atoms with Crippen molar-refractivity contribution in [2.75, 3.05) is 13.2 Å². The second-order valence-electron chi connectivity index (χ2n) is 6.06. The standard InChI is InChI=1S/C17H22N2O2/c1-12-6-7-13(11-20)10-19(12)17(21)8-14-9-18-16-5-3-2-4-15(14)16/h2-5,9,12-13,18,20H,6-8,10-11H2,1H3. The zero-order chi connectivity index (χ0) is 14.8. The van der Waals surface area contributed by atoms with Crippen molar-refractivity contribution in [1.29, 1.82) is 0 Å². The van der Waals surface area contributed by atoms with E-state index in [4.69, 9.17) is 0 Å². The number of carbonyl (C=O) groups excluding carboxylic acids is 1. The molecule has 21 heavy (non-hydrogen) atoms. The number of amides is 1. The van der Waals surface area contributed by atoms with Gasteiger partial charge in [-0.2, -0.15) is 0 Å². The first-order chi connectivity index (χ1) is 10.2. The molecule has 1 amide bonds. The number of nitrogens with zero attached hydrogens (tertiary/aromatic N) is 1. The van der Waals surface area contributed by atoms with Gasteiger partial charge < -0.3 is 15.0 Å². The molecule has 1 aromatic carbocycles. The number of likely N-dealkylation sites (tertiary alicyclic amines) is 1. The lowest BCUT2D eigenvalue weighted by Crippen LogP contribution is -2.46. The molecule has 0 saturated carbocycles. The number of aliphatic hydroxyl groups is 1. The van der Waals surface area contributed by atoms with Crippen molar-refractivity contribution in [3.05, 3.63) is 36.0 Å². The first kappa shape index (κ1) is 14.1. The van der Waals surface area contributed by atoms with Crippen molar-refractivity contribution in [3.63, 3.8) is 0 Å². The van der Waals surface area contributed by atoms with Gasteiger partial charge in [-0.05, 0) is 37.3 Å². The highest BCUT2D eigenvalue weighted by Gasteiger charge is 2.28. The second kappa shape index (κ2) is 5.90. The molecule has 0 radical (unpaired) electrons. The van der Waals surface area contributed by atoms with Crippen LogP contribution in [0.25, 0.3) is 10.9 Å². The molecule has 1 fully saturated rings. The number of hydrogen-bond acceptors (Lipinski definition) is 2. The lowest BCUT2D eigenvalue weighted by atomic mass is 9.93. The van der Waals surface area contributed by atoms with E-state index in [2.05, 4.69) is 11.9 Å². The van der Waals surface area contributed by atoms with E-state index < -0.39 is 0 Å². The van der Waals surface area contributed by atoms with Gasteiger partial charge in [0.1, 0.15) is 0 Å². The van der Waals surface area contributed by atoms with Gasteiger partial charge in [-0.25, -0.2) is 0 Å². The van der Waals surface area contributed by atoms with Crippen LogP contribution >= 0.6 is 0 Å². The summed E-state index contributed by atoms with van der Waals surface area (Å²) in [5.74, 6) is 0.388. The van der Waals surface area contributed by atoms with Crippen LogP contribution in [0.4, 0.5) is 0 Å². The molecule has 2 atom stereocenters. The maximum atomic E-state index is 12.6. The summed E-state index contributed by atoms with van der Waals surface area (Å²) >= 11 is 0. The van der Waals surface area contributed by atoms with Gasteiger partial charge in [0.05, 0.1) is 6.42 Å². The summed E-state index contributed by atoms with van der Waals surface area (Å²) in [6, 6.07) is 8.32. The molecule has 1 aliphatic heterocycles. The summed E-state index contributed by atoms with van der Waals surface area (Å²) in [7, 11) is 0. The molecule has 1 aromatic heterocycles. The molecule has 2 unspecified atom stereocenters. The largest absolute Gasteiger partial charge is 0.396 e. The van der Waals surface area contributed by atoms with Crippen LogP contribution in [0.15, 0.2) is 30.5 Å². The van der Waals surface area contributed by atoms with Gasteiger partial charge in [0.2, 0.25) is 5.91 Å². The van der Waals surface area contributed by atoms with Crippen LogP contribution in [-0.4, -0.2) is 40.1 Å². The number of aromatic nitrogens is 1. The molecule has 4 heteroatoms. The fourth-order valence-electron chi connectivity index (χ4n) is 3.22. The number of nitrogens with one attached hydrogen (secondary N) is 1. The van der Waals surface area contributed by atoms with Crippen molar-refractivity contribution >= 4 is 16.8 Å². The van der Waals surface area contributed by atoms with Crippen molar-refractivity contribution in [1.82, 2.24) is 9.88 Å². The number of piperidine rings is 1. The molecule has 3 rings (SSSR count). The summed E-state index contributed by atoms with van der Waals surface area (Å²) in [5, 5.41) is 10.5. The molecule has 2 aromatic rings. The van der Waals surface area contributed by atoms with Crippen LogP contribution in [0.2, 0.25) is 0 Å². The Morgan fingerprint density at radius 1 is 1.38 bits per heavy atom. The first-order valence-electron chi connectivity index (χ1n) is 7.64. The van der Waals surface area contributed by atoms with Gasteiger partial charge in [0.25, 0.3) is 0 Å². The average Bonchev–Trinajstić information content (AvgIpc) is 2.91. The minimum absolute atomic E-state index is 0.158. The van der Waals surface area contributed by atoms with Crippen molar-refractivity contribution in [3.8, 4) is 0 Å². The van der Waals surface area contributed by atoms with E-state index in [0.29, 0.717) is 13.0 Å². The highest BCUT2D eigenvalue weighted by atomic mass is 16.3. The van der Waals surface area contributed by atoms with Crippen LogP contribution in [-0.2, 0) is 11.2 Å². The predicted octanol–water partition coefficient (Wildman–Crippen LogP) is 2.33.